The number of rotatable bonds is 5. The van der Waals surface area contributed by atoms with Crippen LogP contribution in [0.5, 0.6) is 0 Å². The molecule has 2 aromatic rings. The lowest BCUT2D eigenvalue weighted by Crippen LogP contribution is -2.14. The Morgan fingerprint density at radius 1 is 1.20 bits per heavy atom. The van der Waals surface area contributed by atoms with Crippen molar-refractivity contribution in [2.45, 2.75) is 33.2 Å². The molecule has 0 amide bonds. The minimum Gasteiger partial charge on any atom is -0.367 e. The van der Waals surface area contributed by atoms with Crippen LogP contribution in [0.1, 0.15) is 25.8 Å². The van der Waals surface area contributed by atoms with Gasteiger partial charge in [0.15, 0.2) is 0 Å². The Bertz CT molecular complexity index is 586. The molecule has 106 valence electrons. The molecular weight excluding hydrogens is 316 g/mol. The molecule has 0 fully saturated rings. The Labute approximate surface area is 128 Å². The second-order valence-corrected chi connectivity index (χ2v) is 5.69. The van der Waals surface area contributed by atoms with Crippen molar-refractivity contribution in [3.05, 3.63) is 40.6 Å². The highest BCUT2D eigenvalue weighted by molar-refractivity contribution is 9.10. The average Bonchev–Trinajstić information content (AvgIpc) is 2.43. The maximum absolute atomic E-state index is 4.25. The van der Waals surface area contributed by atoms with Crippen LogP contribution in [-0.4, -0.2) is 16.0 Å². The molecule has 1 unspecified atom stereocenters. The van der Waals surface area contributed by atoms with Crippen LogP contribution < -0.4 is 10.6 Å². The first-order valence-corrected chi connectivity index (χ1v) is 7.49. The van der Waals surface area contributed by atoms with Crippen LogP contribution in [0, 0.1) is 6.92 Å². The second kappa shape index (κ2) is 6.70. The Kier molecular flexibility index (Phi) is 4.95. The van der Waals surface area contributed by atoms with Crippen molar-refractivity contribution in [1.29, 1.82) is 0 Å². The molecule has 0 aliphatic carbocycles. The van der Waals surface area contributed by atoms with Crippen LogP contribution in [0.4, 0.5) is 17.3 Å². The standard InChI is InChI=1S/C15H19BrN4/c1-4-11(3)19-14-8-15(18-9-17-14)20-12-5-6-13(16)10(2)7-12/h5-9,11H,4H2,1-3H3,(H2,17,18,19,20). The molecule has 1 aromatic heterocycles. The molecule has 2 rings (SSSR count). The zero-order chi connectivity index (χ0) is 14.5. The molecule has 2 N–H and O–H groups in total. The highest BCUT2D eigenvalue weighted by Gasteiger charge is 2.03. The summed E-state index contributed by atoms with van der Waals surface area (Å²) in [5.41, 5.74) is 2.20. The zero-order valence-corrected chi connectivity index (χ0v) is 13.5. The number of aryl methyl sites for hydroxylation is 1. The van der Waals surface area contributed by atoms with Gasteiger partial charge in [0.1, 0.15) is 18.0 Å². The predicted molar refractivity (Wildman–Crippen MR) is 87.6 cm³/mol. The van der Waals surface area contributed by atoms with E-state index in [1.165, 1.54) is 5.56 Å². The van der Waals surface area contributed by atoms with Gasteiger partial charge in [-0.3, -0.25) is 0 Å². The number of anilines is 3. The van der Waals surface area contributed by atoms with Crippen LogP contribution in [0.25, 0.3) is 0 Å². The van der Waals surface area contributed by atoms with Crippen molar-refractivity contribution in [2.24, 2.45) is 0 Å². The van der Waals surface area contributed by atoms with E-state index in [1.54, 1.807) is 6.33 Å². The number of hydrogen-bond acceptors (Lipinski definition) is 4. The first kappa shape index (κ1) is 14.8. The highest BCUT2D eigenvalue weighted by atomic mass is 79.9. The fourth-order valence-corrected chi connectivity index (χ4v) is 1.98. The molecule has 0 saturated heterocycles. The van der Waals surface area contributed by atoms with Gasteiger partial charge < -0.3 is 10.6 Å². The fourth-order valence-electron chi connectivity index (χ4n) is 1.73. The molecule has 20 heavy (non-hydrogen) atoms. The largest absolute Gasteiger partial charge is 0.367 e. The molecule has 4 nitrogen and oxygen atoms in total. The minimum atomic E-state index is 0.396. The van der Waals surface area contributed by atoms with Gasteiger partial charge in [0, 0.05) is 22.3 Å². The summed E-state index contributed by atoms with van der Waals surface area (Å²) in [4.78, 5) is 8.48. The van der Waals surface area contributed by atoms with Gasteiger partial charge >= 0.3 is 0 Å². The lowest BCUT2D eigenvalue weighted by molar-refractivity contribution is 0.758. The van der Waals surface area contributed by atoms with Gasteiger partial charge in [-0.25, -0.2) is 9.97 Å². The van der Waals surface area contributed by atoms with Gasteiger partial charge in [-0.1, -0.05) is 22.9 Å². The average molecular weight is 335 g/mol. The monoisotopic (exact) mass is 334 g/mol. The van der Waals surface area contributed by atoms with E-state index in [0.717, 1.165) is 28.2 Å². The summed E-state index contributed by atoms with van der Waals surface area (Å²) < 4.78 is 1.10. The summed E-state index contributed by atoms with van der Waals surface area (Å²) in [5, 5.41) is 6.63. The highest BCUT2D eigenvalue weighted by Crippen LogP contribution is 2.22. The van der Waals surface area contributed by atoms with Crippen LogP contribution in [0.3, 0.4) is 0 Å². The van der Waals surface area contributed by atoms with E-state index < -0.39 is 0 Å². The molecule has 0 aliphatic heterocycles. The molecule has 5 heteroatoms. The van der Waals surface area contributed by atoms with Crippen LogP contribution in [0.2, 0.25) is 0 Å². The van der Waals surface area contributed by atoms with E-state index >= 15 is 0 Å². The van der Waals surface area contributed by atoms with Gasteiger partial charge in [-0.15, -0.1) is 0 Å². The summed E-state index contributed by atoms with van der Waals surface area (Å²) in [6.07, 6.45) is 2.62. The van der Waals surface area contributed by atoms with Gasteiger partial charge in [-0.2, -0.15) is 0 Å². The number of nitrogens with zero attached hydrogens (tertiary/aromatic N) is 2. The van der Waals surface area contributed by atoms with E-state index in [4.69, 9.17) is 0 Å². The number of benzene rings is 1. The lowest BCUT2D eigenvalue weighted by atomic mass is 10.2. The summed E-state index contributed by atoms with van der Waals surface area (Å²) in [6, 6.07) is 8.43. The summed E-state index contributed by atoms with van der Waals surface area (Å²) >= 11 is 3.50. The molecular formula is C15H19BrN4. The van der Waals surface area contributed by atoms with Gasteiger partial charge in [0.2, 0.25) is 0 Å². The maximum Gasteiger partial charge on any atom is 0.135 e. The predicted octanol–water partition coefficient (Wildman–Crippen LogP) is 4.50. The van der Waals surface area contributed by atoms with Crippen LogP contribution in [-0.2, 0) is 0 Å². The fraction of sp³-hybridized carbons (Fsp3) is 0.333. The third-order valence-corrected chi connectivity index (χ3v) is 3.99. The van der Waals surface area contributed by atoms with Gasteiger partial charge in [-0.05, 0) is 44.0 Å². The van der Waals surface area contributed by atoms with Crippen molar-refractivity contribution in [3.8, 4) is 0 Å². The Morgan fingerprint density at radius 2 is 1.95 bits per heavy atom. The van der Waals surface area contributed by atoms with Crippen molar-refractivity contribution in [1.82, 2.24) is 9.97 Å². The number of halogens is 1. The van der Waals surface area contributed by atoms with Gasteiger partial charge in [0.05, 0.1) is 0 Å². The summed E-state index contributed by atoms with van der Waals surface area (Å²) in [5.74, 6) is 1.62. The van der Waals surface area contributed by atoms with Crippen molar-refractivity contribution < 1.29 is 0 Å². The quantitative estimate of drug-likeness (QED) is 0.845. The summed E-state index contributed by atoms with van der Waals surface area (Å²) in [7, 11) is 0. The van der Waals surface area contributed by atoms with Gasteiger partial charge in [0.25, 0.3) is 0 Å². The third-order valence-electron chi connectivity index (χ3n) is 3.10. The Balaban J connectivity index is 2.12. The molecule has 0 saturated carbocycles. The van der Waals surface area contributed by atoms with E-state index in [-0.39, 0.29) is 0 Å². The zero-order valence-electron chi connectivity index (χ0n) is 11.9. The SMILES string of the molecule is CCC(C)Nc1cc(Nc2ccc(Br)c(C)c2)ncn1. The number of hydrogen-bond donors (Lipinski definition) is 2. The Morgan fingerprint density at radius 3 is 2.65 bits per heavy atom. The maximum atomic E-state index is 4.25. The molecule has 0 radical (unpaired) electrons. The minimum absolute atomic E-state index is 0.396. The van der Waals surface area contributed by atoms with Crippen molar-refractivity contribution in [3.63, 3.8) is 0 Å². The van der Waals surface area contributed by atoms with Crippen LogP contribution >= 0.6 is 15.9 Å². The smallest absolute Gasteiger partial charge is 0.135 e. The first-order chi connectivity index (χ1) is 9.58. The topological polar surface area (TPSA) is 49.8 Å². The molecule has 1 heterocycles. The second-order valence-electron chi connectivity index (χ2n) is 4.83. The molecule has 1 atom stereocenters. The van der Waals surface area contributed by atoms with Crippen molar-refractivity contribution >= 4 is 33.3 Å². The Hall–Kier alpha value is -1.62. The first-order valence-electron chi connectivity index (χ1n) is 6.70. The van der Waals surface area contributed by atoms with E-state index in [1.807, 2.05) is 18.2 Å². The van der Waals surface area contributed by atoms with Crippen LogP contribution in [0.15, 0.2) is 35.1 Å². The summed E-state index contributed by atoms with van der Waals surface area (Å²) in [6.45, 7) is 6.33. The van der Waals surface area contributed by atoms with Crippen molar-refractivity contribution in [2.75, 3.05) is 10.6 Å². The van der Waals surface area contributed by atoms with E-state index in [9.17, 15) is 0 Å². The lowest BCUT2D eigenvalue weighted by Gasteiger charge is -2.13. The molecule has 0 spiro atoms. The molecule has 1 aromatic carbocycles. The van der Waals surface area contributed by atoms with E-state index in [0.29, 0.717) is 6.04 Å². The number of nitrogens with one attached hydrogen (secondary N) is 2. The number of aromatic nitrogens is 2. The third kappa shape index (κ3) is 3.93. The molecule has 0 aliphatic rings. The van der Waals surface area contributed by atoms with E-state index in [2.05, 4.69) is 63.4 Å². The molecule has 0 bridgehead atoms. The normalized spacial score (nSPS) is 12.0.